The molecule has 4 unspecified atom stereocenters. The largest absolute Gasteiger partial charge is 0.496 e. The molecule has 0 aromatic heterocycles. The SMILES string of the molecule is O=C1C(c2ccc3c(c2)OCCO3)=COC2C1CCC(O)C2CN1CCCCC1. The zero-order chi connectivity index (χ0) is 19.8. The summed E-state index contributed by atoms with van der Waals surface area (Å²) in [6.07, 6.45) is 5.99. The predicted molar refractivity (Wildman–Crippen MR) is 108 cm³/mol. The average Bonchev–Trinajstić information content (AvgIpc) is 2.76. The van der Waals surface area contributed by atoms with Crippen LogP contribution in [-0.4, -0.2) is 60.8 Å². The van der Waals surface area contributed by atoms with Crippen molar-refractivity contribution in [3.8, 4) is 11.5 Å². The second kappa shape index (κ2) is 8.00. The standard InChI is InChI=1S/C23H29NO5/c25-19-6-5-16-22(26)18(15-4-7-20-21(12-15)28-11-10-27-20)14-29-23(16)17(19)13-24-8-2-1-3-9-24/h4,7,12,14,16-17,19,23,25H,1-3,5-6,8-11,13H2. The fourth-order valence-electron chi connectivity index (χ4n) is 5.21. The number of benzene rings is 1. The maximum absolute atomic E-state index is 13.4. The second-order valence-corrected chi connectivity index (χ2v) is 8.63. The van der Waals surface area contributed by atoms with E-state index in [9.17, 15) is 9.90 Å². The van der Waals surface area contributed by atoms with E-state index in [4.69, 9.17) is 14.2 Å². The van der Waals surface area contributed by atoms with Gasteiger partial charge in [0.15, 0.2) is 17.3 Å². The zero-order valence-electron chi connectivity index (χ0n) is 16.7. The van der Waals surface area contributed by atoms with Crippen LogP contribution in [0.2, 0.25) is 0 Å². The molecule has 6 nitrogen and oxygen atoms in total. The van der Waals surface area contributed by atoms with Crippen molar-refractivity contribution < 1.29 is 24.1 Å². The Labute approximate surface area is 171 Å². The molecule has 3 aliphatic heterocycles. The Bertz CT molecular complexity index is 800. The Hall–Kier alpha value is -2.05. The lowest BCUT2D eigenvalue weighted by Gasteiger charge is -2.44. The molecule has 1 N–H and O–H groups in total. The fraction of sp³-hybridized carbons (Fsp3) is 0.609. The number of carbonyl (C=O) groups excluding carboxylic acids is 1. The summed E-state index contributed by atoms with van der Waals surface area (Å²) in [5, 5.41) is 10.7. The van der Waals surface area contributed by atoms with Crippen LogP contribution in [0.5, 0.6) is 11.5 Å². The molecule has 29 heavy (non-hydrogen) atoms. The van der Waals surface area contributed by atoms with E-state index in [-0.39, 0.29) is 23.7 Å². The highest BCUT2D eigenvalue weighted by Gasteiger charge is 2.46. The highest BCUT2D eigenvalue weighted by Crippen LogP contribution is 2.41. The van der Waals surface area contributed by atoms with Gasteiger partial charge in [-0.15, -0.1) is 0 Å². The topological polar surface area (TPSA) is 68.2 Å². The monoisotopic (exact) mass is 399 g/mol. The lowest BCUT2D eigenvalue weighted by atomic mass is 9.72. The summed E-state index contributed by atoms with van der Waals surface area (Å²) in [4.78, 5) is 15.8. The molecule has 2 fully saturated rings. The lowest BCUT2D eigenvalue weighted by Crippen LogP contribution is -2.52. The summed E-state index contributed by atoms with van der Waals surface area (Å²) in [7, 11) is 0. The number of nitrogens with zero attached hydrogens (tertiary/aromatic N) is 1. The number of hydrogen-bond donors (Lipinski definition) is 1. The van der Waals surface area contributed by atoms with E-state index >= 15 is 0 Å². The van der Waals surface area contributed by atoms with Gasteiger partial charge in [-0.2, -0.15) is 0 Å². The summed E-state index contributed by atoms with van der Waals surface area (Å²) in [5.41, 5.74) is 1.40. The van der Waals surface area contributed by atoms with E-state index in [2.05, 4.69) is 4.90 Å². The average molecular weight is 399 g/mol. The van der Waals surface area contributed by atoms with Gasteiger partial charge in [0.1, 0.15) is 19.3 Å². The minimum atomic E-state index is -0.407. The van der Waals surface area contributed by atoms with E-state index in [1.165, 1.54) is 19.3 Å². The molecule has 5 rings (SSSR count). The number of ether oxygens (including phenoxy) is 3. The van der Waals surface area contributed by atoms with Gasteiger partial charge in [0.25, 0.3) is 0 Å². The van der Waals surface area contributed by atoms with E-state index in [1.807, 2.05) is 18.2 Å². The van der Waals surface area contributed by atoms with Gasteiger partial charge in [0.2, 0.25) is 0 Å². The highest BCUT2D eigenvalue weighted by molar-refractivity contribution is 6.22. The number of fused-ring (bicyclic) bond motifs is 2. The molecule has 6 heteroatoms. The van der Waals surface area contributed by atoms with Crippen LogP contribution in [0, 0.1) is 11.8 Å². The number of likely N-dealkylation sites (tertiary alicyclic amines) is 1. The van der Waals surface area contributed by atoms with Crippen LogP contribution in [0.1, 0.15) is 37.7 Å². The van der Waals surface area contributed by atoms with E-state index in [0.717, 1.165) is 25.2 Å². The molecule has 1 saturated heterocycles. The van der Waals surface area contributed by atoms with Crippen molar-refractivity contribution in [2.75, 3.05) is 32.8 Å². The third-order valence-corrected chi connectivity index (χ3v) is 6.80. The van der Waals surface area contributed by atoms with Crippen LogP contribution in [-0.2, 0) is 9.53 Å². The van der Waals surface area contributed by atoms with Crippen LogP contribution >= 0.6 is 0 Å². The lowest BCUT2D eigenvalue weighted by molar-refractivity contribution is -0.133. The van der Waals surface area contributed by atoms with Crippen molar-refractivity contribution in [1.82, 2.24) is 4.90 Å². The number of carbonyl (C=O) groups is 1. The minimum Gasteiger partial charge on any atom is -0.496 e. The van der Waals surface area contributed by atoms with Crippen molar-refractivity contribution in [2.45, 2.75) is 44.3 Å². The van der Waals surface area contributed by atoms with Gasteiger partial charge < -0.3 is 24.2 Å². The number of allylic oxidation sites excluding steroid dienone is 1. The number of hydrogen-bond acceptors (Lipinski definition) is 6. The van der Waals surface area contributed by atoms with E-state index in [1.54, 1.807) is 6.26 Å². The van der Waals surface area contributed by atoms with E-state index in [0.29, 0.717) is 43.1 Å². The third-order valence-electron chi connectivity index (χ3n) is 6.80. The quantitative estimate of drug-likeness (QED) is 0.843. The first-order valence-electron chi connectivity index (χ1n) is 10.9. The molecule has 1 aromatic carbocycles. The third kappa shape index (κ3) is 3.64. The maximum atomic E-state index is 13.4. The zero-order valence-corrected chi connectivity index (χ0v) is 16.7. The number of aliphatic hydroxyl groups is 1. The molecular weight excluding hydrogens is 370 g/mol. The van der Waals surface area contributed by atoms with Crippen molar-refractivity contribution in [2.24, 2.45) is 11.8 Å². The van der Waals surface area contributed by atoms with Crippen LogP contribution in [0.15, 0.2) is 24.5 Å². The molecule has 0 spiro atoms. The number of aliphatic hydroxyl groups excluding tert-OH is 1. The van der Waals surface area contributed by atoms with Crippen molar-refractivity contribution in [1.29, 1.82) is 0 Å². The summed E-state index contributed by atoms with van der Waals surface area (Å²) >= 11 is 0. The van der Waals surface area contributed by atoms with Gasteiger partial charge in [0, 0.05) is 12.5 Å². The molecular formula is C23H29NO5. The first-order valence-corrected chi connectivity index (χ1v) is 10.9. The van der Waals surface area contributed by atoms with Crippen LogP contribution in [0.4, 0.5) is 0 Å². The molecule has 1 saturated carbocycles. The smallest absolute Gasteiger partial charge is 0.173 e. The summed E-state index contributed by atoms with van der Waals surface area (Å²) in [5.74, 6) is 1.29. The Morgan fingerprint density at radius 2 is 1.83 bits per heavy atom. The molecule has 0 bridgehead atoms. The van der Waals surface area contributed by atoms with Crippen LogP contribution < -0.4 is 9.47 Å². The molecule has 4 atom stereocenters. The molecule has 1 aromatic rings. The molecule has 3 heterocycles. The molecule has 156 valence electrons. The van der Waals surface area contributed by atoms with Gasteiger partial charge in [-0.25, -0.2) is 0 Å². The van der Waals surface area contributed by atoms with Gasteiger partial charge in [-0.1, -0.05) is 12.5 Å². The summed E-state index contributed by atoms with van der Waals surface area (Å²) in [6.45, 7) is 4.02. The van der Waals surface area contributed by atoms with Crippen LogP contribution in [0.25, 0.3) is 5.57 Å². The number of Topliss-reactive ketones (excluding diaryl/α,β-unsaturated/α-hetero) is 1. The summed E-state index contributed by atoms with van der Waals surface area (Å²) < 4.78 is 17.4. The molecule has 0 radical (unpaired) electrons. The molecule has 4 aliphatic rings. The number of rotatable bonds is 3. The minimum absolute atomic E-state index is 0.0196. The van der Waals surface area contributed by atoms with Crippen molar-refractivity contribution in [3.63, 3.8) is 0 Å². The Balaban J connectivity index is 1.37. The summed E-state index contributed by atoms with van der Waals surface area (Å²) in [6, 6.07) is 5.61. The number of ketones is 1. The Kier molecular flexibility index (Phi) is 5.22. The first-order chi connectivity index (χ1) is 14.2. The highest BCUT2D eigenvalue weighted by atomic mass is 16.6. The Morgan fingerprint density at radius 1 is 1.03 bits per heavy atom. The van der Waals surface area contributed by atoms with Gasteiger partial charge in [-0.05, 0) is 56.5 Å². The normalized spacial score (nSPS) is 32.2. The predicted octanol–water partition coefficient (Wildman–Crippen LogP) is 2.64. The first kappa shape index (κ1) is 18.9. The van der Waals surface area contributed by atoms with Crippen molar-refractivity contribution >= 4 is 11.4 Å². The number of piperidine rings is 1. The Morgan fingerprint density at radius 3 is 2.66 bits per heavy atom. The molecule has 1 aliphatic carbocycles. The van der Waals surface area contributed by atoms with Gasteiger partial charge in [0.05, 0.1) is 23.9 Å². The van der Waals surface area contributed by atoms with Gasteiger partial charge >= 0.3 is 0 Å². The maximum Gasteiger partial charge on any atom is 0.173 e. The van der Waals surface area contributed by atoms with Gasteiger partial charge in [-0.3, -0.25) is 4.79 Å². The van der Waals surface area contributed by atoms with Crippen molar-refractivity contribution in [3.05, 3.63) is 30.0 Å². The fourth-order valence-corrected chi connectivity index (χ4v) is 5.21. The molecule has 0 amide bonds. The van der Waals surface area contributed by atoms with E-state index < -0.39 is 6.10 Å². The second-order valence-electron chi connectivity index (χ2n) is 8.63. The van der Waals surface area contributed by atoms with Crippen LogP contribution in [0.3, 0.4) is 0 Å².